The number of ether oxygens (including phenoxy) is 3. The number of benzene rings is 4. The number of aliphatic imine (C=N–C) groups is 1. The van der Waals surface area contributed by atoms with Crippen LogP contribution in [0.4, 0.5) is 5.69 Å². The van der Waals surface area contributed by atoms with Gasteiger partial charge in [0, 0.05) is 36.5 Å². The number of hydrogen-bond donors (Lipinski definition) is 0. The van der Waals surface area contributed by atoms with Gasteiger partial charge in [-0.05, 0) is 65.5 Å². The fraction of sp³-hybridized carbons (Fsp3) is 0.419. The minimum absolute atomic E-state index is 0.562. The van der Waals surface area contributed by atoms with Crippen LogP contribution in [-0.2, 0) is 18.8 Å². The van der Waals surface area contributed by atoms with Crippen LogP contribution in [0.2, 0.25) is 0 Å². The van der Waals surface area contributed by atoms with E-state index in [2.05, 4.69) is 115 Å². The zero-order chi connectivity index (χ0) is 36.4. The molecule has 0 aromatic heterocycles. The zero-order valence-corrected chi connectivity index (χ0v) is 33.1. The van der Waals surface area contributed by atoms with Crippen molar-refractivity contribution < 1.29 is 18.7 Å². The second-order valence-electron chi connectivity index (χ2n) is 14.5. The molecule has 0 heterocycles. The van der Waals surface area contributed by atoms with Crippen molar-refractivity contribution in [3.63, 3.8) is 0 Å². The number of methoxy groups -OCH3 is 3. The molecule has 4 aromatic carbocycles. The second kappa shape index (κ2) is 17.8. The molecule has 4 aromatic rings. The summed E-state index contributed by atoms with van der Waals surface area (Å²) >= 11 is 1.79. The van der Waals surface area contributed by atoms with E-state index < -0.39 is 0 Å². The SMILES string of the molecule is COc1cc(N=C(SCc2cc(C)cc(C)c2)N(CCCC[N+](C)(C)Cc2cc(C)cc(C)c2)Cc2cc(C)cc(C)c2)cc(OC)c1OC. The average Bonchev–Trinajstić information content (AvgIpc) is 3.02. The first-order valence-electron chi connectivity index (χ1n) is 17.6. The van der Waals surface area contributed by atoms with Gasteiger partial charge in [0.15, 0.2) is 16.7 Å². The average molecular weight is 697 g/mol. The Kier molecular flexibility index (Phi) is 13.8. The molecule has 0 aliphatic carbocycles. The summed E-state index contributed by atoms with van der Waals surface area (Å²) < 4.78 is 18.0. The Hall–Kier alpha value is -3.94. The predicted octanol–water partition coefficient (Wildman–Crippen LogP) is 10.0. The molecule has 6 nitrogen and oxygen atoms in total. The summed E-state index contributed by atoms with van der Waals surface area (Å²) in [5.74, 6) is 2.56. The highest BCUT2D eigenvalue weighted by Gasteiger charge is 2.20. The van der Waals surface area contributed by atoms with Gasteiger partial charge in [0.1, 0.15) is 6.54 Å². The minimum Gasteiger partial charge on any atom is -0.493 e. The summed E-state index contributed by atoms with van der Waals surface area (Å²) in [6.07, 6.45) is 2.16. The Morgan fingerprint density at radius 2 is 1.10 bits per heavy atom. The van der Waals surface area contributed by atoms with Crippen LogP contribution in [0.3, 0.4) is 0 Å². The Bertz CT molecular complexity index is 1700. The highest BCUT2D eigenvalue weighted by atomic mass is 32.2. The third kappa shape index (κ3) is 11.6. The summed E-state index contributed by atoms with van der Waals surface area (Å²) in [5, 5.41) is 0.974. The van der Waals surface area contributed by atoms with Crippen molar-refractivity contribution in [2.45, 2.75) is 73.2 Å². The molecule has 268 valence electrons. The highest BCUT2D eigenvalue weighted by molar-refractivity contribution is 8.13. The minimum atomic E-state index is 0.562. The van der Waals surface area contributed by atoms with Crippen LogP contribution >= 0.6 is 11.8 Å². The number of aryl methyl sites for hydroxylation is 6. The Labute approximate surface area is 306 Å². The van der Waals surface area contributed by atoms with Crippen molar-refractivity contribution in [2.24, 2.45) is 4.99 Å². The smallest absolute Gasteiger partial charge is 0.203 e. The van der Waals surface area contributed by atoms with Crippen molar-refractivity contribution in [1.82, 2.24) is 4.90 Å². The monoisotopic (exact) mass is 696 g/mol. The van der Waals surface area contributed by atoms with Gasteiger partial charge >= 0.3 is 0 Å². The van der Waals surface area contributed by atoms with E-state index in [9.17, 15) is 0 Å². The van der Waals surface area contributed by atoms with Crippen LogP contribution < -0.4 is 14.2 Å². The van der Waals surface area contributed by atoms with Gasteiger partial charge in [-0.2, -0.15) is 0 Å². The molecule has 0 saturated heterocycles. The van der Waals surface area contributed by atoms with Crippen molar-refractivity contribution >= 4 is 22.6 Å². The Morgan fingerprint density at radius 3 is 1.58 bits per heavy atom. The standard InChI is InChI=1S/C43H58N3O3S/c1-30-16-31(2)20-36(19-30)27-45(14-12-13-15-46(7,8)28-37-21-32(3)17-33(4)22-37)43(50-29-38-23-34(5)18-35(6)24-38)44-39-25-40(47-9)42(49-11)41(26-39)48-10/h16-26H,12-15,27-29H2,1-11H3/q+1. The normalized spacial score (nSPS) is 11.9. The van der Waals surface area contributed by atoms with E-state index in [1.165, 1.54) is 50.1 Å². The lowest BCUT2D eigenvalue weighted by Gasteiger charge is -2.31. The molecule has 4 rings (SSSR count). The van der Waals surface area contributed by atoms with Crippen LogP contribution in [0, 0.1) is 41.5 Å². The molecule has 0 saturated carbocycles. The van der Waals surface area contributed by atoms with Crippen LogP contribution in [0.15, 0.2) is 71.7 Å². The Balaban J connectivity index is 1.67. The molecular formula is C43H58N3O3S+. The molecule has 0 radical (unpaired) electrons. The maximum absolute atomic E-state index is 5.71. The lowest BCUT2D eigenvalue weighted by atomic mass is 10.1. The number of unbranched alkanes of at least 4 members (excludes halogenated alkanes) is 1. The molecule has 50 heavy (non-hydrogen) atoms. The molecular weight excluding hydrogens is 639 g/mol. The van der Waals surface area contributed by atoms with Gasteiger partial charge in [-0.25, -0.2) is 4.99 Å². The van der Waals surface area contributed by atoms with Gasteiger partial charge in [0.2, 0.25) is 5.75 Å². The number of rotatable bonds is 15. The largest absolute Gasteiger partial charge is 0.493 e. The molecule has 0 fully saturated rings. The van der Waals surface area contributed by atoms with Crippen LogP contribution in [0.5, 0.6) is 17.2 Å². The van der Waals surface area contributed by atoms with E-state index in [1.807, 2.05) is 12.1 Å². The number of quaternary nitrogens is 1. The van der Waals surface area contributed by atoms with Gasteiger partial charge in [0.25, 0.3) is 0 Å². The maximum Gasteiger partial charge on any atom is 0.203 e. The summed E-state index contributed by atoms with van der Waals surface area (Å²) in [6, 6.07) is 24.4. The number of nitrogens with zero attached hydrogens (tertiary/aromatic N) is 3. The van der Waals surface area contributed by atoms with Crippen molar-refractivity contribution in [3.8, 4) is 17.2 Å². The van der Waals surface area contributed by atoms with Crippen LogP contribution in [0.1, 0.15) is 62.9 Å². The number of hydrogen-bond acceptors (Lipinski definition) is 5. The molecule has 0 amide bonds. The highest BCUT2D eigenvalue weighted by Crippen LogP contribution is 2.41. The van der Waals surface area contributed by atoms with Gasteiger partial charge in [0.05, 0.1) is 47.7 Å². The molecule has 0 aliphatic rings. The predicted molar refractivity (Wildman–Crippen MR) is 213 cm³/mol. The van der Waals surface area contributed by atoms with E-state index in [4.69, 9.17) is 19.2 Å². The van der Waals surface area contributed by atoms with Crippen LogP contribution in [-0.4, -0.2) is 63.1 Å². The third-order valence-corrected chi connectivity index (χ3v) is 9.87. The van der Waals surface area contributed by atoms with E-state index >= 15 is 0 Å². The third-order valence-electron chi connectivity index (χ3n) is 8.78. The second-order valence-corrected chi connectivity index (χ2v) is 15.4. The molecule has 0 bridgehead atoms. The van der Waals surface area contributed by atoms with Crippen molar-refractivity contribution in [2.75, 3.05) is 48.5 Å². The Morgan fingerprint density at radius 1 is 0.620 bits per heavy atom. The summed E-state index contributed by atoms with van der Waals surface area (Å²) in [5.41, 5.74) is 12.5. The first kappa shape index (κ1) is 38.9. The van der Waals surface area contributed by atoms with Gasteiger partial charge in [-0.1, -0.05) is 99.7 Å². The zero-order valence-electron chi connectivity index (χ0n) is 32.3. The van der Waals surface area contributed by atoms with Crippen LogP contribution in [0.25, 0.3) is 0 Å². The van der Waals surface area contributed by atoms with E-state index in [0.717, 1.165) is 60.1 Å². The number of thioether (sulfide) groups is 1. The van der Waals surface area contributed by atoms with Gasteiger partial charge in [-0.3, -0.25) is 0 Å². The van der Waals surface area contributed by atoms with Crippen molar-refractivity contribution in [3.05, 3.63) is 117 Å². The topological polar surface area (TPSA) is 43.3 Å². The summed E-state index contributed by atoms with van der Waals surface area (Å²) in [7, 11) is 9.62. The molecule has 0 N–H and O–H groups in total. The summed E-state index contributed by atoms with van der Waals surface area (Å²) in [4.78, 5) is 7.81. The van der Waals surface area contributed by atoms with Gasteiger partial charge < -0.3 is 23.6 Å². The lowest BCUT2D eigenvalue weighted by molar-refractivity contribution is -0.903. The quantitative estimate of drug-likeness (QED) is 0.0536. The lowest BCUT2D eigenvalue weighted by Crippen LogP contribution is -2.40. The van der Waals surface area contributed by atoms with E-state index in [1.54, 1.807) is 33.1 Å². The van der Waals surface area contributed by atoms with E-state index in [0.29, 0.717) is 17.2 Å². The van der Waals surface area contributed by atoms with Gasteiger partial charge in [-0.15, -0.1) is 0 Å². The fourth-order valence-electron chi connectivity index (χ4n) is 6.94. The first-order chi connectivity index (χ1) is 23.8. The van der Waals surface area contributed by atoms with Crippen molar-refractivity contribution in [1.29, 1.82) is 0 Å². The maximum atomic E-state index is 5.71. The fourth-order valence-corrected chi connectivity index (χ4v) is 7.91. The molecule has 0 spiro atoms. The first-order valence-corrected chi connectivity index (χ1v) is 18.6. The molecule has 0 unspecified atom stereocenters. The van der Waals surface area contributed by atoms with E-state index in [-0.39, 0.29) is 0 Å². The number of amidine groups is 1. The summed E-state index contributed by atoms with van der Waals surface area (Å²) in [6.45, 7) is 16.8. The molecule has 0 aliphatic heterocycles. The molecule has 7 heteroatoms. The molecule has 0 atom stereocenters.